The molecule has 0 unspecified atom stereocenters. The number of para-hydroxylation sites is 1. The third-order valence-corrected chi connectivity index (χ3v) is 7.82. The Morgan fingerprint density at radius 2 is 1.69 bits per heavy atom. The Morgan fingerprint density at radius 3 is 2.41 bits per heavy atom. The maximum atomic E-state index is 15.1. The van der Waals surface area contributed by atoms with E-state index in [1.807, 2.05) is 25.1 Å². The average molecular weight is 561 g/mol. The van der Waals surface area contributed by atoms with E-state index in [4.69, 9.17) is 11.6 Å². The van der Waals surface area contributed by atoms with Crippen molar-refractivity contribution in [1.29, 1.82) is 5.26 Å². The second kappa shape index (κ2) is 12.2. The van der Waals surface area contributed by atoms with Crippen LogP contribution in [0.2, 0.25) is 5.02 Å². The number of anilines is 2. The Balaban J connectivity index is 1.66. The number of nitrogens with one attached hydrogen (secondary N) is 3. The fourth-order valence-corrected chi connectivity index (χ4v) is 5.38. The van der Waals surface area contributed by atoms with Crippen LogP contribution in [0, 0.1) is 31.0 Å². The number of allylic oxidation sites excluding steroid dienone is 2. The summed E-state index contributed by atoms with van der Waals surface area (Å²) >= 11 is 7.27. The van der Waals surface area contributed by atoms with Gasteiger partial charge in [0.05, 0.1) is 28.3 Å². The van der Waals surface area contributed by atoms with Crippen LogP contribution in [-0.2, 0) is 9.59 Å². The molecule has 1 atom stereocenters. The lowest BCUT2D eigenvalue weighted by Gasteiger charge is -2.30. The smallest absolute Gasteiger partial charge is 0.254 e. The molecule has 6 nitrogen and oxygen atoms in total. The van der Waals surface area contributed by atoms with Crippen LogP contribution in [0.15, 0.2) is 88.6 Å². The zero-order valence-corrected chi connectivity index (χ0v) is 23.1. The van der Waals surface area contributed by atoms with E-state index in [2.05, 4.69) is 22.0 Å². The van der Waals surface area contributed by atoms with Gasteiger partial charge in [0.25, 0.3) is 5.91 Å². The molecular formula is C30H26ClFN4O2S. The fourth-order valence-electron chi connectivity index (χ4n) is 4.32. The third kappa shape index (κ3) is 6.17. The van der Waals surface area contributed by atoms with Gasteiger partial charge >= 0.3 is 0 Å². The highest BCUT2D eigenvalue weighted by molar-refractivity contribution is 8.03. The van der Waals surface area contributed by atoms with E-state index in [-0.39, 0.29) is 28.4 Å². The normalized spacial score (nSPS) is 14.9. The molecule has 0 saturated heterocycles. The van der Waals surface area contributed by atoms with Crippen molar-refractivity contribution in [3.05, 3.63) is 116 Å². The lowest BCUT2D eigenvalue weighted by Crippen LogP contribution is -2.31. The molecule has 4 rings (SSSR count). The van der Waals surface area contributed by atoms with Crippen molar-refractivity contribution in [2.45, 2.75) is 26.7 Å². The summed E-state index contributed by atoms with van der Waals surface area (Å²) in [5.74, 6) is -2.29. The molecule has 0 fully saturated rings. The highest BCUT2D eigenvalue weighted by Gasteiger charge is 2.36. The topological polar surface area (TPSA) is 94.0 Å². The summed E-state index contributed by atoms with van der Waals surface area (Å²) in [6.07, 6.45) is 0. The second-order valence-corrected chi connectivity index (χ2v) is 10.4. The molecule has 3 aromatic carbocycles. The summed E-state index contributed by atoms with van der Waals surface area (Å²) in [5, 5.41) is 20.0. The first-order chi connectivity index (χ1) is 18.7. The number of thioether (sulfide) groups is 1. The van der Waals surface area contributed by atoms with Gasteiger partial charge in [0.15, 0.2) is 0 Å². The minimum atomic E-state index is -0.970. The number of rotatable bonds is 7. The van der Waals surface area contributed by atoms with Crippen molar-refractivity contribution in [2.75, 3.05) is 16.4 Å². The second-order valence-electron chi connectivity index (χ2n) is 8.99. The molecule has 3 N–H and O–H groups in total. The highest BCUT2D eigenvalue weighted by atomic mass is 35.5. The minimum Gasteiger partial charge on any atom is -0.353 e. The van der Waals surface area contributed by atoms with Gasteiger partial charge in [-0.25, -0.2) is 4.39 Å². The van der Waals surface area contributed by atoms with Crippen LogP contribution in [0.3, 0.4) is 0 Å². The molecule has 0 spiro atoms. The van der Waals surface area contributed by atoms with Crippen LogP contribution in [0.25, 0.3) is 0 Å². The van der Waals surface area contributed by atoms with Crippen molar-refractivity contribution in [1.82, 2.24) is 5.32 Å². The van der Waals surface area contributed by atoms with E-state index >= 15 is 4.39 Å². The quantitative estimate of drug-likeness (QED) is 0.295. The Labute approximate surface area is 235 Å². The molecule has 9 heteroatoms. The maximum Gasteiger partial charge on any atom is 0.254 e. The summed E-state index contributed by atoms with van der Waals surface area (Å²) in [6, 6.07) is 20.8. The number of nitriles is 1. The molecule has 1 aliphatic heterocycles. The Kier molecular flexibility index (Phi) is 8.75. The SMILES string of the molecule is CC1=C(C(=O)Nc2ccccc2C)[C@H](c2ccccc2F)C(C#N)=C(SCC(=O)Nc2cccc(Cl)c2C)N1. The van der Waals surface area contributed by atoms with Gasteiger partial charge in [-0.1, -0.05) is 65.8 Å². The molecule has 39 heavy (non-hydrogen) atoms. The van der Waals surface area contributed by atoms with Crippen LogP contribution in [0.5, 0.6) is 0 Å². The molecule has 0 radical (unpaired) electrons. The number of halogens is 2. The van der Waals surface area contributed by atoms with Crippen molar-refractivity contribution in [3.8, 4) is 6.07 Å². The van der Waals surface area contributed by atoms with E-state index in [1.54, 1.807) is 56.3 Å². The van der Waals surface area contributed by atoms with Gasteiger partial charge in [-0.05, 0) is 56.2 Å². The highest BCUT2D eigenvalue weighted by Crippen LogP contribution is 2.42. The predicted molar refractivity (Wildman–Crippen MR) is 155 cm³/mol. The number of aryl methyl sites for hydroxylation is 1. The maximum absolute atomic E-state index is 15.1. The lowest BCUT2D eigenvalue weighted by molar-refractivity contribution is -0.114. The van der Waals surface area contributed by atoms with E-state index in [9.17, 15) is 14.9 Å². The summed E-state index contributed by atoms with van der Waals surface area (Å²) in [7, 11) is 0. The first-order valence-electron chi connectivity index (χ1n) is 12.1. The summed E-state index contributed by atoms with van der Waals surface area (Å²) in [4.78, 5) is 26.3. The molecule has 0 aliphatic carbocycles. The van der Waals surface area contributed by atoms with Crippen molar-refractivity contribution in [3.63, 3.8) is 0 Å². The van der Waals surface area contributed by atoms with E-state index in [1.165, 1.54) is 6.07 Å². The van der Waals surface area contributed by atoms with Crippen LogP contribution in [-0.4, -0.2) is 17.6 Å². The zero-order chi connectivity index (χ0) is 28.1. The van der Waals surface area contributed by atoms with E-state index in [0.29, 0.717) is 27.1 Å². The number of carbonyl (C=O) groups excluding carboxylic acids is 2. The standard InChI is InChI=1S/C30H26ClFN4O2S/c1-17-9-4-7-13-24(17)36-29(38)27-19(3)34-30(21(15-33)28(27)20-10-5-6-12-23(20)32)39-16-26(37)35-25-14-8-11-22(31)18(25)2/h4-14,28,34H,16H2,1-3H3,(H,35,37)(H,36,38)/t28-/m1/s1. The number of amides is 2. The van der Waals surface area contributed by atoms with E-state index < -0.39 is 17.6 Å². The average Bonchev–Trinajstić information content (AvgIpc) is 2.91. The molecule has 0 aromatic heterocycles. The first kappa shape index (κ1) is 28.0. The molecule has 0 bridgehead atoms. The van der Waals surface area contributed by atoms with Crippen LogP contribution < -0.4 is 16.0 Å². The largest absolute Gasteiger partial charge is 0.353 e. The van der Waals surface area contributed by atoms with Gasteiger partial charge in [0.1, 0.15) is 5.82 Å². The van der Waals surface area contributed by atoms with Gasteiger partial charge < -0.3 is 16.0 Å². The number of benzene rings is 3. The molecule has 3 aromatic rings. The molecule has 198 valence electrons. The Bertz CT molecular complexity index is 1560. The van der Waals surface area contributed by atoms with Gasteiger partial charge in [0.2, 0.25) is 5.91 Å². The molecule has 1 aliphatic rings. The predicted octanol–water partition coefficient (Wildman–Crippen LogP) is 6.80. The fraction of sp³-hybridized carbons (Fsp3) is 0.167. The van der Waals surface area contributed by atoms with Gasteiger partial charge in [0, 0.05) is 33.2 Å². The minimum absolute atomic E-state index is 0.0263. The van der Waals surface area contributed by atoms with Crippen LogP contribution >= 0.6 is 23.4 Å². The monoisotopic (exact) mass is 560 g/mol. The van der Waals surface area contributed by atoms with Gasteiger partial charge in [-0.15, -0.1) is 0 Å². The molecular weight excluding hydrogens is 535 g/mol. The molecule has 1 heterocycles. The van der Waals surface area contributed by atoms with Crippen LogP contribution in [0.4, 0.5) is 15.8 Å². The number of nitrogens with zero attached hydrogens (tertiary/aromatic N) is 1. The van der Waals surface area contributed by atoms with E-state index in [0.717, 1.165) is 22.9 Å². The lowest BCUT2D eigenvalue weighted by atomic mass is 9.82. The number of hydrogen-bond acceptors (Lipinski definition) is 5. The summed E-state index contributed by atoms with van der Waals surface area (Å²) in [5.41, 5.74) is 3.85. The summed E-state index contributed by atoms with van der Waals surface area (Å²) < 4.78 is 15.1. The van der Waals surface area contributed by atoms with Gasteiger partial charge in [-0.3, -0.25) is 9.59 Å². The molecule has 0 saturated carbocycles. The zero-order valence-electron chi connectivity index (χ0n) is 21.6. The number of dihydropyridines is 1. The first-order valence-corrected chi connectivity index (χ1v) is 13.5. The van der Waals surface area contributed by atoms with Gasteiger partial charge in [-0.2, -0.15) is 5.26 Å². The van der Waals surface area contributed by atoms with Crippen molar-refractivity contribution < 1.29 is 14.0 Å². The third-order valence-electron chi connectivity index (χ3n) is 6.39. The number of hydrogen-bond donors (Lipinski definition) is 3. The molecule has 2 amide bonds. The van der Waals surface area contributed by atoms with Crippen molar-refractivity contribution in [2.24, 2.45) is 0 Å². The summed E-state index contributed by atoms with van der Waals surface area (Å²) in [6.45, 7) is 5.38. The van der Waals surface area contributed by atoms with Crippen molar-refractivity contribution >= 4 is 46.6 Å². The van der Waals surface area contributed by atoms with Crippen LogP contribution in [0.1, 0.15) is 29.5 Å². The Hall–Kier alpha value is -4.06. The Morgan fingerprint density at radius 1 is 1.00 bits per heavy atom. The number of carbonyl (C=O) groups is 2.